The number of amides is 1. The SMILES string of the molecule is CC#CC(=O)N1CC[C@H](CNCN)[C@H]1COC. The van der Waals surface area contributed by atoms with E-state index in [1.807, 2.05) is 4.90 Å². The molecule has 0 aliphatic carbocycles. The monoisotopic (exact) mass is 239 g/mol. The van der Waals surface area contributed by atoms with E-state index in [-0.39, 0.29) is 11.9 Å². The number of rotatable bonds is 5. The van der Waals surface area contributed by atoms with E-state index in [0.717, 1.165) is 19.5 Å². The molecule has 3 N–H and O–H groups in total. The molecule has 1 heterocycles. The van der Waals surface area contributed by atoms with Gasteiger partial charge in [0.15, 0.2) is 0 Å². The molecule has 1 rings (SSSR count). The van der Waals surface area contributed by atoms with Gasteiger partial charge in [-0.25, -0.2) is 0 Å². The molecule has 0 bridgehead atoms. The molecule has 5 nitrogen and oxygen atoms in total. The van der Waals surface area contributed by atoms with Crippen molar-refractivity contribution in [2.45, 2.75) is 19.4 Å². The number of nitrogens with two attached hydrogens (primary N) is 1. The van der Waals surface area contributed by atoms with E-state index in [2.05, 4.69) is 17.2 Å². The van der Waals surface area contributed by atoms with Crippen LogP contribution in [-0.2, 0) is 9.53 Å². The van der Waals surface area contributed by atoms with Crippen molar-refractivity contribution in [2.75, 3.05) is 33.5 Å². The topological polar surface area (TPSA) is 67.6 Å². The molecule has 1 aliphatic rings. The third-order valence-corrected chi connectivity index (χ3v) is 3.07. The zero-order valence-electron chi connectivity index (χ0n) is 10.5. The number of carbonyl (C=O) groups is 1. The first-order chi connectivity index (χ1) is 8.24. The number of carbonyl (C=O) groups excluding carboxylic acids is 1. The Morgan fingerprint density at radius 2 is 2.41 bits per heavy atom. The molecule has 0 aromatic carbocycles. The van der Waals surface area contributed by atoms with Gasteiger partial charge in [-0.3, -0.25) is 4.79 Å². The standard InChI is InChI=1S/C12H21N3O2/c1-3-4-12(16)15-6-5-10(7-14-9-13)11(15)8-17-2/h10-11,14H,5-9,13H2,1-2H3/t10-,11-/m1/s1. The molecule has 5 heteroatoms. The summed E-state index contributed by atoms with van der Waals surface area (Å²) in [5, 5.41) is 3.12. The van der Waals surface area contributed by atoms with E-state index >= 15 is 0 Å². The van der Waals surface area contributed by atoms with Crippen LogP contribution in [0.4, 0.5) is 0 Å². The van der Waals surface area contributed by atoms with E-state index in [1.54, 1.807) is 14.0 Å². The Morgan fingerprint density at radius 1 is 1.65 bits per heavy atom. The zero-order valence-corrected chi connectivity index (χ0v) is 10.5. The molecule has 0 aromatic rings. The molecule has 1 amide bonds. The van der Waals surface area contributed by atoms with Gasteiger partial charge in [-0.2, -0.15) is 0 Å². The summed E-state index contributed by atoms with van der Waals surface area (Å²) in [6, 6.07) is 0.104. The fraction of sp³-hybridized carbons (Fsp3) is 0.750. The van der Waals surface area contributed by atoms with Crippen molar-refractivity contribution in [3.8, 4) is 11.8 Å². The molecule has 0 spiro atoms. The highest BCUT2D eigenvalue weighted by atomic mass is 16.5. The second-order valence-electron chi connectivity index (χ2n) is 4.10. The van der Waals surface area contributed by atoms with Crippen LogP contribution in [0, 0.1) is 17.8 Å². The second-order valence-corrected chi connectivity index (χ2v) is 4.10. The smallest absolute Gasteiger partial charge is 0.298 e. The third-order valence-electron chi connectivity index (χ3n) is 3.07. The highest BCUT2D eigenvalue weighted by Gasteiger charge is 2.35. The van der Waals surface area contributed by atoms with E-state index in [4.69, 9.17) is 10.5 Å². The van der Waals surface area contributed by atoms with Crippen LogP contribution in [-0.4, -0.2) is 50.3 Å². The van der Waals surface area contributed by atoms with Gasteiger partial charge in [0.05, 0.1) is 12.6 Å². The van der Waals surface area contributed by atoms with Gasteiger partial charge in [0.2, 0.25) is 0 Å². The predicted molar refractivity (Wildman–Crippen MR) is 66.0 cm³/mol. The molecular weight excluding hydrogens is 218 g/mol. The van der Waals surface area contributed by atoms with Crippen LogP contribution >= 0.6 is 0 Å². The zero-order chi connectivity index (χ0) is 12.7. The Kier molecular flexibility index (Phi) is 5.98. The number of methoxy groups -OCH3 is 1. The third kappa shape index (κ3) is 3.70. The lowest BCUT2D eigenvalue weighted by atomic mass is 10.0. The minimum absolute atomic E-state index is 0.104. The van der Waals surface area contributed by atoms with Crippen LogP contribution in [0.25, 0.3) is 0 Å². The predicted octanol–water partition coefficient (Wildman–Crippen LogP) is -0.621. The first kappa shape index (κ1) is 14.0. The fourth-order valence-electron chi connectivity index (χ4n) is 2.25. The lowest BCUT2D eigenvalue weighted by Crippen LogP contribution is -2.43. The Morgan fingerprint density at radius 3 is 3.00 bits per heavy atom. The maximum Gasteiger partial charge on any atom is 0.298 e. The molecule has 0 unspecified atom stereocenters. The van der Waals surface area contributed by atoms with Crippen LogP contribution < -0.4 is 11.1 Å². The van der Waals surface area contributed by atoms with Gasteiger partial charge in [0, 0.05) is 26.9 Å². The molecule has 1 aliphatic heterocycles. The van der Waals surface area contributed by atoms with Gasteiger partial charge >= 0.3 is 0 Å². The quantitative estimate of drug-likeness (QED) is 0.495. The van der Waals surface area contributed by atoms with E-state index in [9.17, 15) is 4.79 Å². The first-order valence-electron chi connectivity index (χ1n) is 5.87. The Balaban J connectivity index is 2.65. The molecule has 96 valence electrons. The Hall–Kier alpha value is -1.09. The second kappa shape index (κ2) is 7.28. The Labute approximate surface area is 103 Å². The number of hydrogen-bond donors (Lipinski definition) is 2. The van der Waals surface area contributed by atoms with Gasteiger partial charge in [-0.1, -0.05) is 5.92 Å². The maximum absolute atomic E-state index is 11.8. The van der Waals surface area contributed by atoms with Gasteiger partial charge in [0.25, 0.3) is 5.91 Å². The van der Waals surface area contributed by atoms with Gasteiger partial charge in [-0.05, 0) is 25.2 Å². The van der Waals surface area contributed by atoms with Gasteiger partial charge in [-0.15, -0.1) is 0 Å². The van der Waals surface area contributed by atoms with Crippen molar-refractivity contribution < 1.29 is 9.53 Å². The normalized spacial score (nSPS) is 23.4. The first-order valence-corrected chi connectivity index (χ1v) is 5.87. The van der Waals surface area contributed by atoms with E-state index in [0.29, 0.717) is 19.2 Å². The number of hydrogen-bond acceptors (Lipinski definition) is 4. The lowest BCUT2D eigenvalue weighted by Gasteiger charge is -2.26. The molecule has 0 aromatic heterocycles. The number of nitrogens with one attached hydrogen (secondary N) is 1. The van der Waals surface area contributed by atoms with Crippen molar-refractivity contribution in [1.29, 1.82) is 0 Å². The molecule has 0 saturated carbocycles. The summed E-state index contributed by atoms with van der Waals surface area (Å²) in [6.07, 6.45) is 0.970. The molecule has 0 radical (unpaired) electrons. The van der Waals surface area contributed by atoms with Crippen molar-refractivity contribution in [3.05, 3.63) is 0 Å². The minimum Gasteiger partial charge on any atom is -0.383 e. The van der Waals surface area contributed by atoms with Crippen LogP contribution in [0.15, 0.2) is 0 Å². The number of likely N-dealkylation sites (tertiary alicyclic amines) is 1. The van der Waals surface area contributed by atoms with Crippen molar-refractivity contribution in [2.24, 2.45) is 11.7 Å². The van der Waals surface area contributed by atoms with Crippen LogP contribution in [0.2, 0.25) is 0 Å². The summed E-state index contributed by atoms with van der Waals surface area (Å²) in [5.74, 6) is 5.52. The summed E-state index contributed by atoms with van der Waals surface area (Å²) < 4.78 is 5.19. The maximum atomic E-state index is 11.8. The van der Waals surface area contributed by atoms with Crippen molar-refractivity contribution >= 4 is 5.91 Å². The van der Waals surface area contributed by atoms with Crippen LogP contribution in [0.1, 0.15) is 13.3 Å². The van der Waals surface area contributed by atoms with Crippen molar-refractivity contribution in [3.63, 3.8) is 0 Å². The average Bonchev–Trinajstić information content (AvgIpc) is 2.70. The largest absolute Gasteiger partial charge is 0.383 e. The average molecular weight is 239 g/mol. The summed E-state index contributed by atoms with van der Waals surface area (Å²) >= 11 is 0. The summed E-state index contributed by atoms with van der Waals surface area (Å²) in [4.78, 5) is 13.6. The molecule has 2 atom stereocenters. The summed E-state index contributed by atoms with van der Waals surface area (Å²) in [5.41, 5.74) is 5.42. The van der Waals surface area contributed by atoms with E-state index < -0.39 is 0 Å². The molecule has 1 fully saturated rings. The summed E-state index contributed by atoms with van der Waals surface area (Å²) in [6.45, 7) is 4.24. The highest BCUT2D eigenvalue weighted by Crippen LogP contribution is 2.24. The number of ether oxygens (including phenoxy) is 1. The van der Waals surface area contributed by atoms with Gasteiger partial charge < -0.3 is 20.7 Å². The molecule has 1 saturated heterocycles. The van der Waals surface area contributed by atoms with Crippen LogP contribution in [0.3, 0.4) is 0 Å². The minimum atomic E-state index is -0.107. The molecule has 17 heavy (non-hydrogen) atoms. The lowest BCUT2D eigenvalue weighted by molar-refractivity contribution is -0.127. The van der Waals surface area contributed by atoms with Crippen LogP contribution in [0.5, 0.6) is 0 Å². The van der Waals surface area contributed by atoms with Gasteiger partial charge in [0.1, 0.15) is 0 Å². The molecular formula is C12H21N3O2. The Bertz CT molecular complexity index is 309. The van der Waals surface area contributed by atoms with Crippen molar-refractivity contribution in [1.82, 2.24) is 10.2 Å². The summed E-state index contributed by atoms with van der Waals surface area (Å²) in [7, 11) is 1.65. The highest BCUT2D eigenvalue weighted by molar-refractivity contribution is 5.93. The fourth-order valence-corrected chi connectivity index (χ4v) is 2.25. The number of nitrogens with zero attached hydrogens (tertiary/aromatic N) is 1. The van der Waals surface area contributed by atoms with E-state index in [1.165, 1.54) is 0 Å².